The van der Waals surface area contributed by atoms with Crippen molar-refractivity contribution >= 4 is 34.8 Å². The monoisotopic (exact) mass is 415 g/mol. The second-order valence-electron chi connectivity index (χ2n) is 5.68. The Morgan fingerprint density at radius 3 is 2.46 bits per heavy atom. The Morgan fingerprint density at radius 1 is 1.21 bits per heavy atom. The number of nitrogens with zero attached hydrogens (tertiary/aromatic N) is 2. The molecular weight excluding hydrogens is 403 g/mol. The number of likely N-dealkylation sites (N-methyl/N-ethyl adjacent to an activating group) is 1. The van der Waals surface area contributed by atoms with Gasteiger partial charge in [-0.05, 0) is 24.3 Å². The van der Waals surface area contributed by atoms with E-state index in [-0.39, 0.29) is 11.3 Å². The number of alkyl halides is 3. The zero-order valence-corrected chi connectivity index (χ0v) is 15.0. The molecule has 0 aliphatic heterocycles. The Hall–Kier alpha value is -3.14. The predicted molar refractivity (Wildman–Crippen MR) is 95.1 cm³/mol. The van der Waals surface area contributed by atoms with E-state index in [1.807, 2.05) is 0 Å². The summed E-state index contributed by atoms with van der Waals surface area (Å²) in [5.41, 5.74) is -1.91. The molecule has 0 aliphatic carbocycles. The Morgan fingerprint density at radius 2 is 1.86 bits per heavy atom. The Bertz CT molecular complexity index is 934. The number of halogens is 4. The summed E-state index contributed by atoms with van der Waals surface area (Å²) in [7, 11) is 1.24. The minimum absolute atomic E-state index is 0.159. The molecule has 0 aromatic heterocycles. The van der Waals surface area contributed by atoms with Gasteiger partial charge in [-0.25, -0.2) is 0 Å². The van der Waals surface area contributed by atoms with Crippen LogP contribution in [0, 0.1) is 10.1 Å². The van der Waals surface area contributed by atoms with Gasteiger partial charge in [-0.1, -0.05) is 23.7 Å². The number of nitro groups is 1. The van der Waals surface area contributed by atoms with Crippen molar-refractivity contribution in [1.82, 2.24) is 4.90 Å². The minimum Gasteiger partial charge on any atom is -0.332 e. The number of rotatable bonds is 5. The van der Waals surface area contributed by atoms with Crippen LogP contribution >= 0.6 is 11.6 Å². The first kappa shape index (κ1) is 21.2. The molecule has 0 atom stereocenters. The van der Waals surface area contributed by atoms with Crippen LogP contribution in [0.15, 0.2) is 42.5 Å². The number of hydrogen-bond acceptors (Lipinski definition) is 4. The van der Waals surface area contributed by atoms with Crippen LogP contribution in [0.1, 0.15) is 15.9 Å². The van der Waals surface area contributed by atoms with Gasteiger partial charge < -0.3 is 10.2 Å². The molecule has 0 unspecified atom stereocenters. The van der Waals surface area contributed by atoms with Crippen LogP contribution in [-0.4, -0.2) is 35.2 Å². The van der Waals surface area contributed by atoms with Gasteiger partial charge in [0.1, 0.15) is 5.56 Å². The van der Waals surface area contributed by atoms with Crippen LogP contribution in [0.5, 0.6) is 0 Å². The number of hydrogen-bond donors (Lipinski definition) is 1. The fourth-order valence-corrected chi connectivity index (χ4v) is 2.55. The summed E-state index contributed by atoms with van der Waals surface area (Å²) < 4.78 is 38.6. The molecule has 0 radical (unpaired) electrons. The number of para-hydroxylation sites is 1. The highest BCUT2D eigenvalue weighted by atomic mass is 35.5. The van der Waals surface area contributed by atoms with Gasteiger partial charge >= 0.3 is 6.18 Å². The number of carbonyl (C=O) groups excluding carboxylic acids is 2. The lowest BCUT2D eigenvalue weighted by Crippen LogP contribution is -2.35. The quantitative estimate of drug-likeness (QED) is 0.590. The fraction of sp³-hybridized carbons (Fsp3) is 0.176. The molecule has 0 bridgehead atoms. The molecule has 28 heavy (non-hydrogen) atoms. The zero-order valence-electron chi connectivity index (χ0n) is 14.3. The molecule has 0 saturated carbocycles. The standard InChI is InChI=1S/C17H13ClF3N3O4/c1-23(16(26)11-4-2-3-5-14(11)24(27)28)9-15(25)22-10-6-7-13(18)12(8-10)17(19,20)21/h2-8H,9H2,1H3,(H,22,25). The van der Waals surface area contributed by atoms with E-state index in [1.165, 1.54) is 31.3 Å². The molecule has 0 spiro atoms. The summed E-state index contributed by atoms with van der Waals surface area (Å²) in [5, 5.41) is 12.7. The topological polar surface area (TPSA) is 92.6 Å². The maximum atomic E-state index is 12.9. The molecule has 2 rings (SSSR count). The van der Waals surface area contributed by atoms with E-state index < -0.39 is 45.7 Å². The van der Waals surface area contributed by atoms with Crippen molar-refractivity contribution in [2.24, 2.45) is 0 Å². The van der Waals surface area contributed by atoms with Crippen LogP contribution in [-0.2, 0) is 11.0 Å². The average Bonchev–Trinajstić information content (AvgIpc) is 2.61. The number of benzene rings is 2. The Kier molecular flexibility index (Phi) is 6.24. The molecule has 11 heteroatoms. The summed E-state index contributed by atoms with van der Waals surface area (Å²) in [4.78, 5) is 35.6. The smallest absolute Gasteiger partial charge is 0.332 e. The van der Waals surface area contributed by atoms with Gasteiger partial charge in [0.05, 0.1) is 22.1 Å². The maximum Gasteiger partial charge on any atom is 0.417 e. The van der Waals surface area contributed by atoms with E-state index in [4.69, 9.17) is 11.6 Å². The highest BCUT2D eigenvalue weighted by Gasteiger charge is 2.33. The zero-order chi connectivity index (χ0) is 21.1. The molecule has 0 saturated heterocycles. The number of nitro benzene ring substituents is 1. The molecule has 2 amide bonds. The largest absolute Gasteiger partial charge is 0.417 e. The van der Waals surface area contributed by atoms with Crippen molar-refractivity contribution in [3.8, 4) is 0 Å². The molecule has 148 valence electrons. The third-order valence-corrected chi connectivity index (χ3v) is 3.94. The van der Waals surface area contributed by atoms with Gasteiger partial charge in [0.25, 0.3) is 11.6 Å². The summed E-state index contributed by atoms with van der Waals surface area (Å²) in [6.45, 7) is -0.533. The molecule has 2 aromatic carbocycles. The SMILES string of the molecule is CN(CC(=O)Nc1ccc(Cl)c(C(F)(F)F)c1)C(=O)c1ccccc1[N+](=O)[O-]. The van der Waals surface area contributed by atoms with Crippen molar-refractivity contribution in [3.63, 3.8) is 0 Å². The lowest BCUT2D eigenvalue weighted by atomic mass is 10.1. The van der Waals surface area contributed by atoms with Crippen LogP contribution in [0.2, 0.25) is 5.02 Å². The fourth-order valence-electron chi connectivity index (χ4n) is 2.33. The third-order valence-electron chi connectivity index (χ3n) is 3.61. The lowest BCUT2D eigenvalue weighted by molar-refractivity contribution is -0.385. The molecular formula is C17H13ClF3N3O4. The molecule has 7 nitrogen and oxygen atoms in total. The molecule has 0 aliphatic rings. The normalized spacial score (nSPS) is 11.0. The summed E-state index contributed by atoms with van der Waals surface area (Å²) in [5.74, 6) is -1.57. The Labute approximate surface area is 161 Å². The van der Waals surface area contributed by atoms with Crippen LogP contribution < -0.4 is 5.32 Å². The van der Waals surface area contributed by atoms with Gasteiger partial charge in [-0.2, -0.15) is 13.2 Å². The number of amides is 2. The maximum absolute atomic E-state index is 12.9. The number of nitrogens with one attached hydrogen (secondary N) is 1. The molecule has 0 fully saturated rings. The highest BCUT2D eigenvalue weighted by molar-refractivity contribution is 6.31. The van der Waals surface area contributed by atoms with Gasteiger partial charge in [0.2, 0.25) is 5.91 Å². The van der Waals surface area contributed by atoms with Crippen LogP contribution in [0.3, 0.4) is 0 Å². The second kappa shape index (κ2) is 8.26. The van der Waals surface area contributed by atoms with Gasteiger partial charge in [0.15, 0.2) is 0 Å². The van der Waals surface area contributed by atoms with E-state index in [2.05, 4.69) is 5.32 Å². The molecule has 1 N–H and O–H groups in total. The average molecular weight is 416 g/mol. The van der Waals surface area contributed by atoms with Crippen molar-refractivity contribution in [2.75, 3.05) is 18.9 Å². The van der Waals surface area contributed by atoms with Crippen molar-refractivity contribution in [1.29, 1.82) is 0 Å². The van der Waals surface area contributed by atoms with Crippen LogP contribution in [0.25, 0.3) is 0 Å². The van der Waals surface area contributed by atoms with Crippen LogP contribution in [0.4, 0.5) is 24.5 Å². The second-order valence-corrected chi connectivity index (χ2v) is 6.08. The van der Waals surface area contributed by atoms with Gasteiger partial charge in [0, 0.05) is 18.8 Å². The Balaban J connectivity index is 2.11. The predicted octanol–water partition coefficient (Wildman–Crippen LogP) is 3.98. The van der Waals surface area contributed by atoms with Crippen molar-refractivity contribution in [3.05, 3.63) is 68.7 Å². The molecule has 0 heterocycles. The first-order chi connectivity index (χ1) is 13.0. The molecule has 2 aromatic rings. The van der Waals surface area contributed by atoms with E-state index in [0.717, 1.165) is 17.0 Å². The van der Waals surface area contributed by atoms with E-state index in [1.54, 1.807) is 0 Å². The number of carbonyl (C=O) groups is 2. The van der Waals surface area contributed by atoms with E-state index in [0.29, 0.717) is 6.07 Å². The summed E-state index contributed by atoms with van der Waals surface area (Å²) in [6.07, 6.45) is -4.70. The van der Waals surface area contributed by atoms with Gasteiger partial charge in [-0.3, -0.25) is 19.7 Å². The minimum atomic E-state index is -4.70. The van der Waals surface area contributed by atoms with E-state index in [9.17, 15) is 32.9 Å². The van der Waals surface area contributed by atoms with Gasteiger partial charge in [-0.15, -0.1) is 0 Å². The third kappa shape index (κ3) is 4.97. The first-order valence-corrected chi connectivity index (χ1v) is 8.04. The lowest BCUT2D eigenvalue weighted by Gasteiger charge is -2.17. The summed E-state index contributed by atoms with van der Waals surface area (Å²) in [6, 6.07) is 8.05. The van der Waals surface area contributed by atoms with Crippen molar-refractivity contribution < 1.29 is 27.7 Å². The number of anilines is 1. The van der Waals surface area contributed by atoms with E-state index >= 15 is 0 Å². The van der Waals surface area contributed by atoms with Crippen molar-refractivity contribution in [2.45, 2.75) is 6.18 Å². The first-order valence-electron chi connectivity index (χ1n) is 7.66. The summed E-state index contributed by atoms with van der Waals surface area (Å²) >= 11 is 5.51. The highest BCUT2D eigenvalue weighted by Crippen LogP contribution is 2.36.